The minimum atomic E-state index is -0.405. The van der Waals surface area contributed by atoms with Crippen molar-refractivity contribution in [1.29, 1.82) is 0 Å². The van der Waals surface area contributed by atoms with Gasteiger partial charge < -0.3 is 10.1 Å². The van der Waals surface area contributed by atoms with Crippen LogP contribution < -0.4 is 10.6 Å². The van der Waals surface area contributed by atoms with Crippen LogP contribution in [0.1, 0.15) is 12.8 Å². The summed E-state index contributed by atoms with van der Waals surface area (Å²) in [7, 11) is 0. The van der Waals surface area contributed by atoms with Gasteiger partial charge in [-0.1, -0.05) is 48.5 Å². The molecule has 22 heavy (non-hydrogen) atoms. The van der Waals surface area contributed by atoms with E-state index in [4.69, 9.17) is 4.74 Å². The zero-order valence-electron chi connectivity index (χ0n) is 12.4. The fourth-order valence-electron chi connectivity index (χ4n) is 2.68. The minimum Gasteiger partial charge on any atom is -0.448 e. The number of hydrogen-bond donors (Lipinski definition) is 2. The van der Waals surface area contributed by atoms with E-state index in [1.807, 2.05) is 54.6 Å². The first-order valence-corrected chi connectivity index (χ1v) is 7.64. The third kappa shape index (κ3) is 3.65. The molecule has 0 radical (unpaired) electrons. The molecule has 0 aliphatic carbocycles. The largest absolute Gasteiger partial charge is 0.448 e. The van der Waals surface area contributed by atoms with Crippen LogP contribution in [0, 0.1) is 0 Å². The van der Waals surface area contributed by atoms with Crippen LogP contribution in [0.15, 0.2) is 54.6 Å². The Morgan fingerprint density at radius 3 is 2.68 bits per heavy atom. The van der Waals surface area contributed by atoms with E-state index < -0.39 is 6.09 Å². The van der Waals surface area contributed by atoms with Gasteiger partial charge in [0, 0.05) is 11.6 Å². The van der Waals surface area contributed by atoms with Crippen molar-refractivity contribution >= 4 is 11.8 Å². The van der Waals surface area contributed by atoms with E-state index in [1.54, 1.807) is 0 Å². The quantitative estimate of drug-likeness (QED) is 0.905. The Labute approximate surface area is 130 Å². The van der Waals surface area contributed by atoms with Gasteiger partial charge in [0.05, 0.1) is 5.69 Å². The maximum Gasteiger partial charge on any atom is 0.411 e. The molecule has 0 aromatic heterocycles. The van der Waals surface area contributed by atoms with Crippen molar-refractivity contribution in [3.63, 3.8) is 0 Å². The number of para-hydroxylation sites is 1. The molecular formula is C18H20N2O2. The third-order valence-corrected chi connectivity index (χ3v) is 3.83. The molecule has 2 aromatic carbocycles. The highest BCUT2D eigenvalue weighted by Gasteiger charge is 2.16. The van der Waals surface area contributed by atoms with Gasteiger partial charge in [0.15, 0.2) is 0 Å². The predicted molar refractivity (Wildman–Crippen MR) is 87.9 cm³/mol. The number of benzene rings is 2. The van der Waals surface area contributed by atoms with Crippen molar-refractivity contribution in [2.75, 3.05) is 18.5 Å². The molecule has 2 N–H and O–H groups in total. The highest BCUT2D eigenvalue weighted by molar-refractivity contribution is 5.91. The Morgan fingerprint density at radius 1 is 1.14 bits per heavy atom. The molecule has 0 spiro atoms. The number of nitrogens with one attached hydrogen (secondary N) is 2. The number of anilines is 1. The molecular weight excluding hydrogens is 276 g/mol. The summed E-state index contributed by atoms with van der Waals surface area (Å²) in [5, 5.41) is 6.15. The Kier molecular flexibility index (Phi) is 4.71. The number of amides is 1. The number of hydrogen-bond acceptors (Lipinski definition) is 3. The van der Waals surface area contributed by atoms with E-state index in [0.717, 1.165) is 36.2 Å². The van der Waals surface area contributed by atoms with Gasteiger partial charge in [0.25, 0.3) is 0 Å². The van der Waals surface area contributed by atoms with Crippen LogP contribution in [0.3, 0.4) is 0 Å². The third-order valence-electron chi connectivity index (χ3n) is 3.83. The summed E-state index contributed by atoms with van der Waals surface area (Å²) in [6, 6.07) is 18.0. The van der Waals surface area contributed by atoms with Gasteiger partial charge in [-0.2, -0.15) is 0 Å². The highest BCUT2D eigenvalue weighted by atomic mass is 16.5. The topological polar surface area (TPSA) is 50.4 Å². The summed E-state index contributed by atoms with van der Waals surface area (Å²) in [6.07, 6.45) is 1.80. The van der Waals surface area contributed by atoms with Gasteiger partial charge in [-0.3, -0.25) is 5.32 Å². The summed E-state index contributed by atoms with van der Waals surface area (Å²) < 4.78 is 5.31. The second kappa shape index (κ2) is 7.09. The summed E-state index contributed by atoms with van der Waals surface area (Å²) in [4.78, 5) is 12.0. The molecule has 4 nitrogen and oxygen atoms in total. The van der Waals surface area contributed by atoms with Crippen molar-refractivity contribution in [2.24, 2.45) is 0 Å². The lowest BCUT2D eigenvalue weighted by Gasteiger charge is -2.14. The molecule has 1 amide bonds. The van der Waals surface area contributed by atoms with Gasteiger partial charge in [0.1, 0.15) is 6.61 Å². The molecule has 1 heterocycles. The second-order valence-electron chi connectivity index (χ2n) is 5.43. The molecule has 3 rings (SSSR count). The average Bonchev–Trinajstić information content (AvgIpc) is 3.08. The molecule has 1 aliphatic rings. The van der Waals surface area contributed by atoms with Crippen LogP contribution in [0.2, 0.25) is 0 Å². The molecule has 1 atom stereocenters. The van der Waals surface area contributed by atoms with E-state index in [1.165, 1.54) is 0 Å². The van der Waals surface area contributed by atoms with Gasteiger partial charge in [-0.25, -0.2) is 4.79 Å². The van der Waals surface area contributed by atoms with Crippen molar-refractivity contribution in [3.05, 3.63) is 54.6 Å². The van der Waals surface area contributed by atoms with Crippen LogP contribution >= 0.6 is 0 Å². The first-order valence-electron chi connectivity index (χ1n) is 7.64. The van der Waals surface area contributed by atoms with E-state index >= 15 is 0 Å². The molecule has 0 saturated carbocycles. The molecule has 1 aliphatic heterocycles. The Morgan fingerprint density at radius 2 is 1.91 bits per heavy atom. The van der Waals surface area contributed by atoms with E-state index in [9.17, 15) is 4.79 Å². The lowest BCUT2D eigenvalue weighted by atomic mass is 10.0. The molecule has 0 bridgehead atoms. The average molecular weight is 296 g/mol. The highest BCUT2D eigenvalue weighted by Crippen LogP contribution is 2.27. The molecule has 114 valence electrons. The fourth-order valence-corrected chi connectivity index (χ4v) is 2.68. The van der Waals surface area contributed by atoms with E-state index in [2.05, 4.69) is 10.6 Å². The Bertz CT molecular complexity index is 622. The van der Waals surface area contributed by atoms with Crippen molar-refractivity contribution in [2.45, 2.75) is 18.9 Å². The Hall–Kier alpha value is -2.33. The second-order valence-corrected chi connectivity index (χ2v) is 5.43. The Balaban J connectivity index is 1.66. The smallest absolute Gasteiger partial charge is 0.411 e. The van der Waals surface area contributed by atoms with Gasteiger partial charge >= 0.3 is 6.09 Å². The summed E-state index contributed by atoms with van der Waals surface area (Å²) >= 11 is 0. The lowest BCUT2D eigenvalue weighted by molar-refractivity contribution is 0.151. The molecule has 0 unspecified atom stereocenters. The molecule has 4 heteroatoms. The van der Waals surface area contributed by atoms with E-state index in [0.29, 0.717) is 6.61 Å². The van der Waals surface area contributed by atoms with Crippen LogP contribution in [-0.2, 0) is 4.74 Å². The number of carbonyl (C=O) groups is 1. The normalized spacial score (nSPS) is 17.2. The molecule has 1 fully saturated rings. The van der Waals surface area contributed by atoms with Crippen LogP contribution in [0.4, 0.5) is 10.5 Å². The SMILES string of the molecule is O=C(Nc1ccccc1-c1ccccc1)OC[C@H]1CCCN1. The molecule has 1 saturated heterocycles. The predicted octanol–water partition coefficient (Wildman–Crippen LogP) is 3.65. The number of ether oxygens (including phenoxy) is 1. The first kappa shape index (κ1) is 14.6. The van der Waals surface area contributed by atoms with Gasteiger partial charge in [-0.05, 0) is 31.0 Å². The maximum atomic E-state index is 12.0. The van der Waals surface area contributed by atoms with E-state index in [-0.39, 0.29) is 6.04 Å². The molecule has 2 aromatic rings. The van der Waals surface area contributed by atoms with Gasteiger partial charge in [0.2, 0.25) is 0 Å². The van der Waals surface area contributed by atoms with Crippen molar-refractivity contribution in [1.82, 2.24) is 5.32 Å². The summed E-state index contributed by atoms with van der Waals surface area (Å²) in [6.45, 7) is 1.42. The number of carbonyl (C=O) groups excluding carboxylic acids is 1. The summed E-state index contributed by atoms with van der Waals surface area (Å²) in [5.74, 6) is 0. The maximum absolute atomic E-state index is 12.0. The van der Waals surface area contributed by atoms with Gasteiger partial charge in [-0.15, -0.1) is 0 Å². The zero-order valence-corrected chi connectivity index (χ0v) is 12.4. The van der Waals surface area contributed by atoms with Crippen molar-refractivity contribution < 1.29 is 9.53 Å². The first-order chi connectivity index (χ1) is 10.8. The fraction of sp³-hybridized carbons (Fsp3) is 0.278. The minimum absolute atomic E-state index is 0.287. The van der Waals surface area contributed by atoms with Crippen LogP contribution in [0.25, 0.3) is 11.1 Å². The zero-order chi connectivity index (χ0) is 15.2. The standard InChI is InChI=1S/C18H20N2O2/c21-18(22-13-15-9-6-12-19-15)20-17-11-5-4-10-16(17)14-7-2-1-3-8-14/h1-5,7-8,10-11,15,19H,6,9,12-13H2,(H,20,21)/t15-/m1/s1. The number of rotatable bonds is 4. The van der Waals surface area contributed by atoms with Crippen molar-refractivity contribution in [3.8, 4) is 11.1 Å². The van der Waals surface area contributed by atoms with Crippen LogP contribution in [0.5, 0.6) is 0 Å². The lowest BCUT2D eigenvalue weighted by Crippen LogP contribution is -2.29. The monoisotopic (exact) mass is 296 g/mol. The summed E-state index contributed by atoms with van der Waals surface area (Å²) in [5.41, 5.74) is 2.81. The van der Waals surface area contributed by atoms with Crippen LogP contribution in [-0.4, -0.2) is 25.3 Å².